The third-order valence-corrected chi connectivity index (χ3v) is 2.95. The van der Waals surface area contributed by atoms with Gasteiger partial charge in [0.15, 0.2) is 0 Å². The summed E-state index contributed by atoms with van der Waals surface area (Å²) < 4.78 is 0. The van der Waals surface area contributed by atoms with Crippen molar-refractivity contribution in [2.75, 3.05) is 18.0 Å². The highest BCUT2D eigenvalue weighted by Gasteiger charge is 2.15. The molecule has 94 valence electrons. The van der Waals surface area contributed by atoms with E-state index in [-0.39, 0.29) is 0 Å². The predicted molar refractivity (Wildman–Crippen MR) is 77.8 cm³/mol. The van der Waals surface area contributed by atoms with Crippen LogP contribution in [0, 0.1) is 13.8 Å². The lowest BCUT2D eigenvalue weighted by molar-refractivity contribution is 0.775. The number of thiocarbonyl (C=S) groups is 1. The molecule has 0 saturated heterocycles. The van der Waals surface area contributed by atoms with Crippen LogP contribution in [0.2, 0.25) is 0 Å². The van der Waals surface area contributed by atoms with Crippen molar-refractivity contribution in [1.82, 2.24) is 4.98 Å². The van der Waals surface area contributed by atoms with Crippen LogP contribution in [0.5, 0.6) is 0 Å². The first-order valence-corrected chi connectivity index (χ1v) is 6.45. The van der Waals surface area contributed by atoms with Crippen LogP contribution < -0.4 is 10.6 Å². The van der Waals surface area contributed by atoms with Crippen LogP contribution in [0.25, 0.3) is 0 Å². The lowest BCUT2D eigenvalue weighted by Gasteiger charge is -2.25. The maximum absolute atomic E-state index is 5.82. The molecule has 0 bridgehead atoms. The first-order valence-electron chi connectivity index (χ1n) is 6.04. The molecule has 1 heterocycles. The summed E-state index contributed by atoms with van der Waals surface area (Å²) in [6.07, 6.45) is 1.08. The van der Waals surface area contributed by atoms with Crippen LogP contribution in [0.1, 0.15) is 37.1 Å². The number of rotatable bonds is 5. The molecule has 2 N–H and O–H groups in total. The normalized spacial score (nSPS) is 10.4. The van der Waals surface area contributed by atoms with E-state index in [1.807, 2.05) is 19.9 Å². The van der Waals surface area contributed by atoms with Gasteiger partial charge in [-0.1, -0.05) is 19.1 Å². The number of anilines is 1. The van der Waals surface area contributed by atoms with E-state index in [2.05, 4.69) is 23.7 Å². The number of nitrogens with two attached hydrogens (primary N) is 1. The Morgan fingerprint density at radius 1 is 1.41 bits per heavy atom. The average Bonchev–Trinajstić information content (AvgIpc) is 2.23. The predicted octanol–water partition coefficient (Wildman–Crippen LogP) is 2.57. The van der Waals surface area contributed by atoms with Crippen LogP contribution >= 0.6 is 12.2 Å². The molecule has 0 saturated carbocycles. The zero-order valence-corrected chi connectivity index (χ0v) is 11.9. The van der Waals surface area contributed by atoms with Crippen molar-refractivity contribution >= 4 is 23.0 Å². The summed E-state index contributed by atoms with van der Waals surface area (Å²) in [5, 5.41) is 0. The van der Waals surface area contributed by atoms with Crippen molar-refractivity contribution in [3.05, 3.63) is 22.9 Å². The van der Waals surface area contributed by atoms with Crippen LogP contribution in [0.3, 0.4) is 0 Å². The number of aryl methyl sites for hydroxylation is 2. The minimum absolute atomic E-state index is 0.430. The van der Waals surface area contributed by atoms with E-state index in [0.29, 0.717) is 4.99 Å². The monoisotopic (exact) mass is 251 g/mol. The third-order valence-electron chi connectivity index (χ3n) is 2.75. The molecule has 0 fully saturated rings. The van der Waals surface area contributed by atoms with E-state index in [1.54, 1.807) is 0 Å². The first kappa shape index (κ1) is 13.9. The molecule has 0 aliphatic rings. The van der Waals surface area contributed by atoms with Gasteiger partial charge >= 0.3 is 0 Å². The van der Waals surface area contributed by atoms with Gasteiger partial charge in [-0.05, 0) is 38.8 Å². The molecule has 1 aromatic rings. The maximum Gasteiger partial charge on any atom is 0.139 e. The van der Waals surface area contributed by atoms with Gasteiger partial charge in [-0.25, -0.2) is 4.98 Å². The van der Waals surface area contributed by atoms with Crippen molar-refractivity contribution < 1.29 is 0 Å². The number of nitrogens with zero attached hydrogens (tertiary/aromatic N) is 2. The second-order valence-corrected chi connectivity index (χ2v) is 4.66. The summed E-state index contributed by atoms with van der Waals surface area (Å²) in [5.74, 6) is 0.930. The van der Waals surface area contributed by atoms with E-state index in [9.17, 15) is 0 Å². The zero-order valence-electron chi connectivity index (χ0n) is 11.1. The number of hydrogen-bond donors (Lipinski definition) is 1. The van der Waals surface area contributed by atoms with Crippen LogP contribution in [0.4, 0.5) is 5.82 Å². The molecule has 0 aromatic carbocycles. The van der Waals surface area contributed by atoms with Gasteiger partial charge < -0.3 is 10.6 Å². The van der Waals surface area contributed by atoms with Gasteiger partial charge in [0, 0.05) is 18.8 Å². The largest absolute Gasteiger partial charge is 0.389 e. The van der Waals surface area contributed by atoms with E-state index >= 15 is 0 Å². The lowest BCUT2D eigenvalue weighted by atomic mass is 10.1. The quantitative estimate of drug-likeness (QED) is 0.817. The van der Waals surface area contributed by atoms with Gasteiger partial charge in [0.1, 0.15) is 10.8 Å². The second kappa shape index (κ2) is 5.96. The molecule has 0 amide bonds. The van der Waals surface area contributed by atoms with Crippen molar-refractivity contribution in [1.29, 1.82) is 0 Å². The smallest absolute Gasteiger partial charge is 0.139 e. The molecule has 0 atom stereocenters. The summed E-state index contributed by atoms with van der Waals surface area (Å²) in [5.41, 5.74) is 8.85. The standard InChI is InChI=1S/C13H21N3S/c1-5-7-16(6-2)13-11(12(14)17)9(3)8-10(4)15-13/h8H,5-7H2,1-4H3,(H2,14,17). The number of hydrogen-bond acceptors (Lipinski definition) is 3. The summed E-state index contributed by atoms with van der Waals surface area (Å²) in [7, 11) is 0. The van der Waals surface area contributed by atoms with Gasteiger partial charge in [-0.3, -0.25) is 0 Å². The van der Waals surface area contributed by atoms with Gasteiger partial charge in [-0.15, -0.1) is 0 Å². The van der Waals surface area contributed by atoms with Gasteiger partial charge in [-0.2, -0.15) is 0 Å². The first-order chi connectivity index (χ1) is 8.01. The van der Waals surface area contributed by atoms with Crippen molar-refractivity contribution in [3.63, 3.8) is 0 Å². The fourth-order valence-electron chi connectivity index (χ4n) is 2.03. The van der Waals surface area contributed by atoms with E-state index < -0.39 is 0 Å². The average molecular weight is 251 g/mol. The summed E-state index contributed by atoms with van der Waals surface area (Å²) in [6.45, 7) is 10.2. The SMILES string of the molecule is CCCN(CC)c1nc(C)cc(C)c1C(N)=S. The molecule has 1 aromatic heterocycles. The minimum Gasteiger partial charge on any atom is -0.389 e. The topological polar surface area (TPSA) is 42.2 Å². The lowest BCUT2D eigenvalue weighted by Crippen LogP contribution is -2.28. The van der Waals surface area contributed by atoms with Gasteiger partial charge in [0.25, 0.3) is 0 Å². The fourth-order valence-corrected chi connectivity index (χ4v) is 2.29. The van der Waals surface area contributed by atoms with Crippen molar-refractivity contribution in [3.8, 4) is 0 Å². The fraction of sp³-hybridized carbons (Fsp3) is 0.538. The molecule has 0 unspecified atom stereocenters. The van der Waals surface area contributed by atoms with Crippen molar-refractivity contribution in [2.24, 2.45) is 5.73 Å². The Bertz CT molecular complexity index is 415. The molecular formula is C13H21N3S. The Morgan fingerprint density at radius 3 is 2.53 bits per heavy atom. The van der Waals surface area contributed by atoms with E-state index in [1.165, 1.54) is 0 Å². The minimum atomic E-state index is 0.430. The molecule has 4 heteroatoms. The number of pyridine rings is 1. The molecule has 0 spiro atoms. The summed E-state index contributed by atoms with van der Waals surface area (Å²) in [6, 6.07) is 2.03. The zero-order chi connectivity index (χ0) is 13.0. The van der Waals surface area contributed by atoms with Gasteiger partial charge in [0.2, 0.25) is 0 Å². The third kappa shape index (κ3) is 3.16. The highest BCUT2D eigenvalue weighted by molar-refractivity contribution is 7.80. The Balaban J connectivity index is 3.32. The number of aromatic nitrogens is 1. The van der Waals surface area contributed by atoms with E-state index in [4.69, 9.17) is 18.0 Å². The Hall–Kier alpha value is -1.16. The Kier molecular flexibility index (Phi) is 4.87. The highest BCUT2D eigenvalue weighted by atomic mass is 32.1. The molecule has 0 aliphatic heterocycles. The Morgan fingerprint density at radius 2 is 2.06 bits per heavy atom. The van der Waals surface area contributed by atoms with Gasteiger partial charge in [0.05, 0.1) is 5.56 Å². The molecule has 0 aliphatic carbocycles. The highest BCUT2D eigenvalue weighted by Crippen LogP contribution is 2.22. The van der Waals surface area contributed by atoms with Crippen LogP contribution in [0.15, 0.2) is 6.07 Å². The van der Waals surface area contributed by atoms with Crippen LogP contribution in [-0.4, -0.2) is 23.1 Å². The Labute approximate surface area is 109 Å². The maximum atomic E-state index is 5.82. The molecule has 17 heavy (non-hydrogen) atoms. The summed E-state index contributed by atoms with van der Waals surface area (Å²) >= 11 is 5.14. The second-order valence-electron chi connectivity index (χ2n) is 4.22. The molecule has 1 rings (SSSR count). The summed E-state index contributed by atoms with van der Waals surface area (Å²) in [4.78, 5) is 7.26. The molecular weight excluding hydrogens is 230 g/mol. The van der Waals surface area contributed by atoms with E-state index in [0.717, 1.165) is 42.1 Å². The van der Waals surface area contributed by atoms with Crippen molar-refractivity contribution in [2.45, 2.75) is 34.1 Å². The molecule has 0 radical (unpaired) electrons. The molecule has 3 nitrogen and oxygen atoms in total. The van der Waals surface area contributed by atoms with Crippen LogP contribution in [-0.2, 0) is 0 Å².